The average molecular weight is 325 g/mol. The molecule has 2 aliphatic rings. The number of hydrogen-bond acceptors (Lipinski definition) is 3. The Labute approximate surface area is 141 Å². The number of carbonyl (C=O) groups is 1. The molecule has 0 bridgehead atoms. The molecule has 24 heavy (non-hydrogen) atoms. The van der Waals surface area contributed by atoms with Crippen molar-refractivity contribution in [3.8, 4) is 0 Å². The molecule has 126 valence electrons. The smallest absolute Gasteiger partial charge is 0.274 e. The highest BCUT2D eigenvalue weighted by atomic mass is 16.3. The second-order valence-corrected chi connectivity index (χ2v) is 7.10. The molecule has 5 heteroatoms. The highest BCUT2D eigenvalue weighted by Gasteiger charge is 2.45. The molecule has 2 fully saturated rings. The predicted molar refractivity (Wildman–Crippen MR) is 90.7 cm³/mol. The monoisotopic (exact) mass is 325 g/mol. The first-order valence-corrected chi connectivity index (χ1v) is 8.78. The number of nitrogens with zero attached hydrogens (tertiary/aromatic N) is 2. The van der Waals surface area contributed by atoms with Gasteiger partial charge in [0, 0.05) is 11.6 Å². The van der Waals surface area contributed by atoms with Gasteiger partial charge >= 0.3 is 0 Å². The van der Waals surface area contributed by atoms with Crippen LogP contribution < -0.4 is 0 Å². The van der Waals surface area contributed by atoms with Crippen LogP contribution in [0.1, 0.15) is 59.8 Å². The van der Waals surface area contributed by atoms with Gasteiger partial charge < -0.3 is 10.0 Å². The van der Waals surface area contributed by atoms with Crippen molar-refractivity contribution in [1.29, 1.82) is 0 Å². The Balaban J connectivity index is 1.42. The van der Waals surface area contributed by atoms with Gasteiger partial charge in [0.2, 0.25) is 0 Å². The van der Waals surface area contributed by atoms with Gasteiger partial charge in [0.05, 0.1) is 13.1 Å². The lowest BCUT2D eigenvalue weighted by Gasteiger charge is -2.46. The molecule has 1 amide bonds. The standard InChI is InChI=1S/C19H23N3O2/c23-18(17-11-16(20-21-17)14-7-3-1-4-8-14)22-12-19(24,13-22)15-9-5-2-6-10-15/h2,5-6,9-11,14,24H,1,3-4,7-8,12-13H2,(H,20,21). The van der Waals surface area contributed by atoms with Crippen LogP contribution in [0.15, 0.2) is 36.4 Å². The number of aromatic amines is 1. The number of hydrogen-bond donors (Lipinski definition) is 2. The van der Waals surface area contributed by atoms with Gasteiger partial charge in [-0.25, -0.2) is 0 Å². The summed E-state index contributed by atoms with van der Waals surface area (Å²) in [5.74, 6) is 0.402. The van der Waals surface area contributed by atoms with E-state index < -0.39 is 5.60 Å². The molecule has 2 N–H and O–H groups in total. The van der Waals surface area contributed by atoms with Crippen LogP contribution in [0.3, 0.4) is 0 Å². The van der Waals surface area contributed by atoms with E-state index in [4.69, 9.17) is 0 Å². The fourth-order valence-electron chi connectivity index (χ4n) is 3.89. The van der Waals surface area contributed by atoms with E-state index in [0.717, 1.165) is 11.3 Å². The SMILES string of the molecule is O=C(c1cc(C2CCCCC2)[nH]n1)N1CC(O)(c2ccccc2)C1. The Hall–Kier alpha value is -2.14. The minimum atomic E-state index is -0.931. The Kier molecular flexibility index (Phi) is 3.88. The van der Waals surface area contributed by atoms with Crippen LogP contribution in [0.4, 0.5) is 0 Å². The molecule has 0 radical (unpaired) electrons. The fourth-order valence-corrected chi connectivity index (χ4v) is 3.89. The normalized spacial score (nSPS) is 20.6. The van der Waals surface area contributed by atoms with Crippen LogP contribution in [-0.2, 0) is 5.60 Å². The van der Waals surface area contributed by atoms with Crippen LogP contribution in [0.2, 0.25) is 0 Å². The van der Waals surface area contributed by atoms with Crippen LogP contribution >= 0.6 is 0 Å². The van der Waals surface area contributed by atoms with Crippen molar-refractivity contribution < 1.29 is 9.90 Å². The van der Waals surface area contributed by atoms with E-state index in [0.29, 0.717) is 24.7 Å². The maximum absolute atomic E-state index is 12.6. The van der Waals surface area contributed by atoms with E-state index in [1.165, 1.54) is 32.1 Å². The first-order valence-electron chi connectivity index (χ1n) is 8.78. The average Bonchev–Trinajstić information content (AvgIpc) is 3.10. The summed E-state index contributed by atoms with van der Waals surface area (Å²) >= 11 is 0. The van der Waals surface area contributed by atoms with E-state index in [-0.39, 0.29) is 5.91 Å². The zero-order valence-corrected chi connectivity index (χ0v) is 13.7. The van der Waals surface area contributed by atoms with Crippen molar-refractivity contribution in [2.45, 2.75) is 43.6 Å². The number of β-amino-alcohol motifs (C(OH)–C–C–N with tert-alkyl or cyclic N) is 1. The van der Waals surface area contributed by atoms with Crippen LogP contribution in [0.25, 0.3) is 0 Å². The van der Waals surface area contributed by atoms with Gasteiger partial charge in [0.25, 0.3) is 5.91 Å². The van der Waals surface area contributed by atoms with Gasteiger partial charge in [-0.2, -0.15) is 5.10 Å². The molecule has 0 spiro atoms. The Morgan fingerprint density at radius 2 is 1.88 bits per heavy atom. The number of amides is 1. The van der Waals surface area contributed by atoms with Gasteiger partial charge in [-0.3, -0.25) is 9.89 Å². The van der Waals surface area contributed by atoms with E-state index in [1.54, 1.807) is 4.90 Å². The Bertz CT molecular complexity index is 713. The van der Waals surface area contributed by atoms with Crippen molar-refractivity contribution in [2.75, 3.05) is 13.1 Å². The third-order valence-electron chi connectivity index (χ3n) is 5.37. The summed E-state index contributed by atoms with van der Waals surface area (Å²) in [6, 6.07) is 11.4. The zero-order valence-electron chi connectivity index (χ0n) is 13.7. The van der Waals surface area contributed by atoms with Gasteiger partial charge in [-0.05, 0) is 24.5 Å². The highest BCUT2D eigenvalue weighted by Crippen LogP contribution is 2.34. The van der Waals surface area contributed by atoms with Crippen LogP contribution in [-0.4, -0.2) is 39.2 Å². The third kappa shape index (κ3) is 2.73. The largest absolute Gasteiger partial charge is 0.381 e. The number of nitrogens with one attached hydrogen (secondary N) is 1. The summed E-state index contributed by atoms with van der Waals surface area (Å²) in [6.45, 7) is 0.642. The molecular formula is C19H23N3O2. The molecule has 1 aliphatic carbocycles. The Morgan fingerprint density at radius 3 is 2.58 bits per heavy atom. The quantitative estimate of drug-likeness (QED) is 0.912. The van der Waals surface area contributed by atoms with E-state index in [9.17, 15) is 9.90 Å². The van der Waals surface area contributed by atoms with Gasteiger partial charge in [-0.1, -0.05) is 49.6 Å². The Morgan fingerprint density at radius 1 is 1.17 bits per heavy atom. The van der Waals surface area contributed by atoms with E-state index in [2.05, 4.69) is 10.2 Å². The molecule has 0 unspecified atom stereocenters. The summed E-state index contributed by atoms with van der Waals surface area (Å²) in [7, 11) is 0. The molecule has 2 aromatic rings. The summed E-state index contributed by atoms with van der Waals surface area (Å²) in [5.41, 5.74) is 1.47. The lowest BCUT2D eigenvalue weighted by molar-refractivity contribution is -0.0865. The molecule has 5 nitrogen and oxygen atoms in total. The molecule has 1 saturated carbocycles. The van der Waals surface area contributed by atoms with E-state index in [1.807, 2.05) is 36.4 Å². The first-order chi connectivity index (χ1) is 11.7. The summed E-state index contributed by atoms with van der Waals surface area (Å²) < 4.78 is 0. The van der Waals surface area contributed by atoms with Crippen molar-refractivity contribution >= 4 is 5.91 Å². The maximum atomic E-state index is 12.6. The molecule has 0 atom stereocenters. The number of H-pyrrole nitrogens is 1. The maximum Gasteiger partial charge on any atom is 0.274 e. The van der Waals surface area contributed by atoms with Crippen molar-refractivity contribution in [1.82, 2.24) is 15.1 Å². The number of carbonyl (C=O) groups excluding carboxylic acids is 1. The van der Waals surface area contributed by atoms with Crippen molar-refractivity contribution in [3.05, 3.63) is 53.3 Å². The summed E-state index contributed by atoms with van der Waals surface area (Å²) in [5, 5.41) is 17.9. The molecule has 4 rings (SSSR count). The number of benzene rings is 1. The van der Waals surface area contributed by atoms with Crippen LogP contribution in [0.5, 0.6) is 0 Å². The molecule has 2 heterocycles. The zero-order chi connectivity index (χ0) is 16.6. The van der Waals surface area contributed by atoms with E-state index >= 15 is 0 Å². The van der Waals surface area contributed by atoms with Crippen molar-refractivity contribution in [3.63, 3.8) is 0 Å². The number of likely N-dealkylation sites (tertiary alicyclic amines) is 1. The topological polar surface area (TPSA) is 69.2 Å². The van der Waals surface area contributed by atoms with Gasteiger partial charge in [0.15, 0.2) is 0 Å². The molecule has 1 saturated heterocycles. The van der Waals surface area contributed by atoms with Crippen molar-refractivity contribution in [2.24, 2.45) is 0 Å². The lowest BCUT2D eigenvalue weighted by Crippen LogP contribution is -2.61. The van der Waals surface area contributed by atoms with Gasteiger partial charge in [-0.15, -0.1) is 0 Å². The highest BCUT2D eigenvalue weighted by molar-refractivity contribution is 5.93. The first kappa shape index (κ1) is 15.4. The summed E-state index contributed by atoms with van der Waals surface area (Å²) in [4.78, 5) is 14.2. The number of aromatic nitrogens is 2. The predicted octanol–water partition coefficient (Wildman–Crippen LogP) is 2.80. The molecule has 1 aromatic carbocycles. The second kappa shape index (κ2) is 6.06. The van der Waals surface area contributed by atoms with Gasteiger partial charge in [0.1, 0.15) is 11.3 Å². The molecule has 1 aromatic heterocycles. The second-order valence-electron chi connectivity index (χ2n) is 7.10. The lowest BCUT2D eigenvalue weighted by atomic mass is 9.85. The fraction of sp³-hybridized carbons (Fsp3) is 0.474. The molecule has 1 aliphatic heterocycles. The number of aliphatic hydroxyl groups is 1. The third-order valence-corrected chi connectivity index (χ3v) is 5.37. The minimum absolute atomic E-state index is 0.103. The van der Waals surface area contributed by atoms with Crippen LogP contribution in [0, 0.1) is 0 Å². The summed E-state index contributed by atoms with van der Waals surface area (Å²) in [6.07, 6.45) is 6.16. The molecular weight excluding hydrogens is 302 g/mol. The number of rotatable bonds is 3. The minimum Gasteiger partial charge on any atom is -0.381 e.